The van der Waals surface area contributed by atoms with E-state index < -0.39 is 0 Å². The van der Waals surface area contributed by atoms with Gasteiger partial charge in [0.2, 0.25) is 0 Å². The average molecular weight is 284 g/mol. The van der Waals surface area contributed by atoms with Crippen LogP contribution in [0.15, 0.2) is 15.3 Å². The minimum atomic E-state index is 0.560. The number of aromatic amines is 1. The van der Waals surface area contributed by atoms with Crippen molar-refractivity contribution in [2.24, 2.45) is 0 Å². The molecule has 0 unspecified atom stereocenters. The van der Waals surface area contributed by atoms with Crippen molar-refractivity contribution in [2.75, 3.05) is 5.73 Å². The monoisotopic (exact) mass is 282 g/mol. The molecular formula is C5H4Br2N2S. The number of nitrogens with one attached hydrogen (secondary N) is 1. The zero-order valence-electron chi connectivity index (χ0n) is 4.82. The summed E-state index contributed by atoms with van der Waals surface area (Å²) in [6.45, 7) is 0. The van der Waals surface area contributed by atoms with Gasteiger partial charge in [-0.3, -0.25) is 0 Å². The number of halogens is 2. The Morgan fingerprint density at radius 2 is 2.10 bits per heavy atom. The Labute approximate surface area is 80.1 Å². The number of pyridine rings is 1. The standard InChI is InChI=1S/C5H4Br2N2S/c6-2-1-9-5(7)3(8)4(2)10/h1H,8H2,(H,9,10). The Kier molecular flexibility index (Phi) is 2.49. The molecule has 0 atom stereocenters. The summed E-state index contributed by atoms with van der Waals surface area (Å²) in [4.78, 5) is 2.89. The van der Waals surface area contributed by atoms with Gasteiger partial charge in [-0.2, -0.15) is 0 Å². The fraction of sp³-hybridized carbons (Fsp3) is 0. The number of H-pyrrole nitrogens is 1. The summed E-state index contributed by atoms with van der Waals surface area (Å²) in [5.41, 5.74) is 6.13. The SMILES string of the molecule is Nc1c(Br)[nH]cc(Br)c1=S. The van der Waals surface area contributed by atoms with Gasteiger partial charge in [-0.25, -0.2) is 0 Å². The predicted molar refractivity (Wildman–Crippen MR) is 51.4 cm³/mol. The molecule has 0 spiro atoms. The third-order valence-corrected chi connectivity index (χ3v) is 3.01. The highest BCUT2D eigenvalue weighted by atomic mass is 79.9. The lowest BCUT2D eigenvalue weighted by atomic mass is 10.4. The van der Waals surface area contributed by atoms with Crippen LogP contribution in [0.2, 0.25) is 0 Å². The van der Waals surface area contributed by atoms with E-state index in [0.29, 0.717) is 10.2 Å². The second-order valence-corrected chi connectivity index (χ2v) is 3.75. The number of aromatic nitrogens is 1. The quantitative estimate of drug-likeness (QED) is 0.568. The second kappa shape index (κ2) is 3.02. The lowest BCUT2D eigenvalue weighted by Crippen LogP contribution is -1.90. The van der Waals surface area contributed by atoms with Crippen molar-refractivity contribution in [3.05, 3.63) is 19.8 Å². The molecule has 1 aromatic heterocycles. The molecule has 0 aliphatic heterocycles. The van der Waals surface area contributed by atoms with Gasteiger partial charge in [-0.1, -0.05) is 12.2 Å². The van der Waals surface area contributed by atoms with Gasteiger partial charge in [0.25, 0.3) is 0 Å². The summed E-state index contributed by atoms with van der Waals surface area (Å²) in [7, 11) is 0. The van der Waals surface area contributed by atoms with E-state index in [4.69, 9.17) is 18.0 Å². The van der Waals surface area contributed by atoms with Crippen LogP contribution in [0.1, 0.15) is 0 Å². The molecule has 0 aliphatic rings. The van der Waals surface area contributed by atoms with Crippen LogP contribution in [0.3, 0.4) is 0 Å². The van der Waals surface area contributed by atoms with Gasteiger partial charge in [0.15, 0.2) is 0 Å². The molecule has 10 heavy (non-hydrogen) atoms. The maximum Gasteiger partial charge on any atom is 0.107 e. The molecule has 0 saturated carbocycles. The van der Waals surface area contributed by atoms with Crippen LogP contribution < -0.4 is 5.73 Å². The zero-order chi connectivity index (χ0) is 7.72. The fourth-order valence-corrected chi connectivity index (χ4v) is 1.43. The van der Waals surface area contributed by atoms with E-state index >= 15 is 0 Å². The van der Waals surface area contributed by atoms with Crippen molar-refractivity contribution in [3.63, 3.8) is 0 Å². The van der Waals surface area contributed by atoms with Crippen LogP contribution in [0.25, 0.3) is 0 Å². The van der Waals surface area contributed by atoms with E-state index in [-0.39, 0.29) is 0 Å². The van der Waals surface area contributed by atoms with Gasteiger partial charge >= 0.3 is 0 Å². The molecule has 0 radical (unpaired) electrons. The fourth-order valence-electron chi connectivity index (χ4n) is 0.498. The van der Waals surface area contributed by atoms with E-state index in [1.54, 1.807) is 6.20 Å². The lowest BCUT2D eigenvalue weighted by Gasteiger charge is -1.98. The largest absolute Gasteiger partial charge is 0.395 e. The maximum absolute atomic E-state index is 5.57. The summed E-state index contributed by atoms with van der Waals surface area (Å²) >= 11 is 11.4. The minimum Gasteiger partial charge on any atom is -0.395 e. The molecule has 0 fully saturated rings. The number of hydrogen-bond donors (Lipinski definition) is 2. The van der Waals surface area contributed by atoms with Gasteiger partial charge in [-0.05, 0) is 31.9 Å². The van der Waals surface area contributed by atoms with Crippen molar-refractivity contribution < 1.29 is 0 Å². The van der Waals surface area contributed by atoms with Crippen molar-refractivity contribution in [1.82, 2.24) is 4.98 Å². The predicted octanol–water partition coefficient (Wildman–Crippen LogP) is 2.85. The van der Waals surface area contributed by atoms with Crippen molar-refractivity contribution >= 4 is 49.8 Å². The molecule has 0 saturated heterocycles. The van der Waals surface area contributed by atoms with Crippen LogP contribution in [-0.2, 0) is 0 Å². The first-order valence-electron chi connectivity index (χ1n) is 2.45. The highest BCUT2D eigenvalue weighted by molar-refractivity contribution is 9.11. The van der Waals surface area contributed by atoms with Gasteiger partial charge in [-0.15, -0.1) is 0 Å². The van der Waals surface area contributed by atoms with Crippen LogP contribution in [0.5, 0.6) is 0 Å². The van der Waals surface area contributed by atoms with Crippen LogP contribution in [-0.4, -0.2) is 4.98 Å². The Bertz CT molecular complexity index is 307. The smallest absolute Gasteiger partial charge is 0.107 e. The normalized spacial score (nSPS) is 9.80. The molecule has 54 valence electrons. The molecule has 0 amide bonds. The number of nitrogen functional groups attached to an aromatic ring is 1. The summed E-state index contributed by atoms with van der Waals surface area (Å²) < 4.78 is 2.16. The van der Waals surface area contributed by atoms with Crippen LogP contribution >= 0.6 is 44.1 Å². The maximum atomic E-state index is 5.57. The summed E-state index contributed by atoms with van der Waals surface area (Å²) in [5.74, 6) is 0. The molecule has 2 nitrogen and oxygen atoms in total. The van der Waals surface area contributed by atoms with E-state index in [1.807, 2.05) is 0 Å². The highest BCUT2D eigenvalue weighted by Gasteiger charge is 1.98. The van der Waals surface area contributed by atoms with Crippen LogP contribution in [0, 0.1) is 4.51 Å². The number of hydrogen-bond acceptors (Lipinski definition) is 2. The van der Waals surface area contributed by atoms with E-state index in [2.05, 4.69) is 36.8 Å². The molecule has 1 rings (SSSR count). The molecular weight excluding hydrogens is 280 g/mol. The highest BCUT2D eigenvalue weighted by Crippen LogP contribution is 2.22. The van der Waals surface area contributed by atoms with Gasteiger partial charge in [0, 0.05) is 6.20 Å². The van der Waals surface area contributed by atoms with E-state index in [1.165, 1.54) is 0 Å². The van der Waals surface area contributed by atoms with Gasteiger partial charge in [0.05, 0.1) is 14.7 Å². The first-order valence-corrected chi connectivity index (χ1v) is 4.44. The lowest BCUT2D eigenvalue weighted by molar-refractivity contribution is 1.26. The Hall–Kier alpha value is 0.130. The second-order valence-electron chi connectivity index (χ2n) is 1.69. The molecule has 0 bridgehead atoms. The Balaban J connectivity index is 3.50. The van der Waals surface area contributed by atoms with Crippen molar-refractivity contribution in [1.29, 1.82) is 0 Å². The molecule has 1 aromatic rings. The zero-order valence-corrected chi connectivity index (χ0v) is 8.81. The first-order chi connectivity index (χ1) is 4.63. The molecule has 0 aromatic carbocycles. The third-order valence-electron chi connectivity index (χ3n) is 1.02. The number of anilines is 1. The van der Waals surface area contributed by atoms with Crippen molar-refractivity contribution in [2.45, 2.75) is 0 Å². The number of rotatable bonds is 0. The Morgan fingerprint density at radius 3 is 2.60 bits per heavy atom. The average Bonchev–Trinajstić information content (AvgIpc) is 1.93. The molecule has 5 heteroatoms. The summed E-state index contributed by atoms with van der Waals surface area (Å²) in [5, 5.41) is 0. The molecule has 3 N–H and O–H groups in total. The molecule has 0 aliphatic carbocycles. The van der Waals surface area contributed by atoms with Gasteiger partial charge in [0.1, 0.15) is 4.60 Å². The topological polar surface area (TPSA) is 41.8 Å². The minimum absolute atomic E-state index is 0.560. The van der Waals surface area contributed by atoms with Crippen molar-refractivity contribution in [3.8, 4) is 0 Å². The number of nitrogens with two attached hydrogens (primary N) is 1. The van der Waals surface area contributed by atoms with E-state index in [0.717, 1.165) is 9.08 Å². The van der Waals surface area contributed by atoms with Gasteiger partial charge < -0.3 is 10.7 Å². The van der Waals surface area contributed by atoms with E-state index in [9.17, 15) is 0 Å². The Morgan fingerprint density at radius 1 is 1.50 bits per heavy atom. The van der Waals surface area contributed by atoms with Crippen LogP contribution in [0.4, 0.5) is 5.69 Å². The summed E-state index contributed by atoms with van der Waals surface area (Å²) in [6, 6.07) is 0. The third kappa shape index (κ3) is 1.41. The first kappa shape index (κ1) is 8.23. The summed E-state index contributed by atoms with van der Waals surface area (Å²) in [6.07, 6.45) is 1.74. The molecule has 1 heterocycles.